The van der Waals surface area contributed by atoms with Crippen LogP contribution in [0.4, 0.5) is 5.69 Å². The lowest BCUT2D eigenvalue weighted by Crippen LogP contribution is -2.53. The lowest BCUT2D eigenvalue weighted by Gasteiger charge is -2.32. The third kappa shape index (κ3) is 7.50. The topological polar surface area (TPSA) is 134 Å². The van der Waals surface area contributed by atoms with Gasteiger partial charge in [0.15, 0.2) is 0 Å². The van der Waals surface area contributed by atoms with Gasteiger partial charge in [-0.15, -0.1) is 0 Å². The third-order valence-corrected chi connectivity index (χ3v) is 7.74. The zero-order chi connectivity index (χ0) is 27.9. The van der Waals surface area contributed by atoms with Gasteiger partial charge in [0, 0.05) is 24.8 Å². The average Bonchev–Trinajstić information content (AvgIpc) is 3.45. The molecule has 11 heteroatoms. The van der Waals surface area contributed by atoms with Gasteiger partial charge in [0.05, 0.1) is 21.5 Å². The number of hydrogen-bond acceptors (Lipinski definition) is 5. The van der Waals surface area contributed by atoms with Crippen LogP contribution in [0.25, 0.3) is 0 Å². The van der Waals surface area contributed by atoms with Crippen molar-refractivity contribution in [2.24, 2.45) is 5.92 Å². The Balaban J connectivity index is 1.36. The van der Waals surface area contributed by atoms with Crippen molar-refractivity contribution < 1.29 is 29.0 Å². The van der Waals surface area contributed by atoms with Crippen LogP contribution in [0.15, 0.2) is 42.5 Å². The molecule has 0 aromatic heterocycles. The summed E-state index contributed by atoms with van der Waals surface area (Å²) in [5.41, 5.74) is 1.29. The predicted octanol–water partition coefficient (Wildman–Crippen LogP) is 4.21. The molecule has 208 valence electrons. The molecule has 1 saturated heterocycles. The van der Waals surface area contributed by atoms with Gasteiger partial charge in [-0.2, -0.15) is 0 Å². The van der Waals surface area contributed by atoms with Crippen molar-refractivity contribution in [2.75, 3.05) is 11.9 Å². The Bertz CT molecular complexity index is 1200. The van der Waals surface area contributed by atoms with Crippen LogP contribution in [-0.4, -0.2) is 53.6 Å². The molecule has 4 N–H and O–H groups in total. The SMILES string of the molecule is O=C(Nc1ccc(CC(NC(=O)C2CCCCC2NC(=O)C2CCCO2)C(=O)O)cc1)c1c(Cl)cccc1Cl. The van der Waals surface area contributed by atoms with Gasteiger partial charge in [-0.05, 0) is 55.5 Å². The molecule has 3 amide bonds. The minimum absolute atomic E-state index is 0.0469. The lowest BCUT2D eigenvalue weighted by molar-refractivity contribution is -0.143. The van der Waals surface area contributed by atoms with E-state index in [1.165, 1.54) is 0 Å². The number of rotatable bonds is 9. The number of anilines is 1. The van der Waals surface area contributed by atoms with Gasteiger partial charge in [0.1, 0.15) is 12.1 Å². The molecule has 4 rings (SSSR count). The molecule has 4 unspecified atom stereocenters. The number of carbonyl (C=O) groups is 4. The summed E-state index contributed by atoms with van der Waals surface area (Å²) in [6, 6.07) is 9.89. The second-order valence-corrected chi connectivity index (χ2v) is 10.7. The van der Waals surface area contributed by atoms with Crippen LogP contribution in [0.1, 0.15) is 54.4 Å². The molecular formula is C28H31Cl2N3O6. The number of carbonyl (C=O) groups excluding carboxylic acids is 3. The number of aliphatic carboxylic acids is 1. The van der Waals surface area contributed by atoms with Crippen molar-refractivity contribution in [3.05, 3.63) is 63.6 Å². The van der Waals surface area contributed by atoms with Crippen molar-refractivity contribution in [3.63, 3.8) is 0 Å². The van der Waals surface area contributed by atoms with E-state index in [0.717, 1.165) is 19.3 Å². The highest BCUT2D eigenvalue weighted by Crippen LogP contribution is 2.27. The first-order valence-electron chi connectivity index (χ1n) is 13.0. The lowest BCUT2D eigenvalue weighted by atomic mass is 9.83. The minimum atomic E-state index is -1.16. The monoisotopic (exact) mass is 575 g/mol. The highest BCUT2D eigenvalue weighted by Gasteiger charge is 2.36. The van der Waals surface area contributed by atoms with Crippen LogP contribution in [0.2, 0.25) is 10.0 Å². The number of ether oxygens (including phenoxy) is 1. The molecule has 2 fully saturated rings. The highest BCUT2D eigenvalue weighted by atomic mass is 35.5. The second-order valence-electron chi connectivity index (χ2n) is 9.86. The van der Waals surface area contributed by atoms with Crippen molar-refractivity contribution in [3.8, 4) is 0 Å². The number of nitrogens with one attached hydrogen (secondary N) is 3. The van der Waals surface area contributed by atoms with E-state index in [2.05, 4.69) is 16.0 Å². The second kappa shape index (κ2) is 13.3. The van der Waals surface area contributed by atoms with Crippen LogP contribution < -0.4 is 16.0 Å². The Labute approximate surface area is 236 Å². The number of carboxylic acid groups (broad SMARTS) is 1. The van der Waals surface area contributed by atoms with E-state index in [9.17, 15) is 24.3 Å². The van der Waals surface area contributed by atoms with Gasteiger partial charge in [-0.3, -0.25) is 14.4 Å². The fourth-order valence-electron chi connectivity index (χ4n) is 5.02. The number of carboxylic acids is 1. The summed E-state index contributed by atoms with van der Waals surface area (Å²) in [5, 5.41) is 18.6. The predicted molar refractivity (Wildman–Crippen MR) is 147 cm³/mol. The van der Waals surface area contributed by atoms with E-state index in [0.29, 0.717) is 37.1 Å². The van der Waals surface area contributed by atoms with E-state index in [4.69, 9.17) is 27.9 Å². The Morgan fingerprint density at radius 3 is 2.26 bits per heavy atom. The molecule has 1 saturated carbocycles. The molecule has 39 heavy (non-hydrogen) atoms. The Morgan fingerprint density at radius 2 is 1.62 bits per heavy atom. The molecule has 0 radical (unpaired) electrons. The molecule has 0 bridgehead atoms. The van der Waals surface area contributed by atoms with E-state index in [1.54, 1.807) is 42.5 Å². The van der Waals surface area contributed by atoms with E-state index < -0.39 is 29.9 Å². The zero-order valence-electron chi connectivity index (χ0n) is 21.3. The molecule has 1 aliphatic carbocycles. The van der Waals surface area contributed by atoms with Crippen molar-refractivity contribution in [1.82, 2.24) is 10.6 Å². The molecule has 2 aromatic carbocycles. The molecule has 9 nitrogen and oxygen atoms in total. The number of hydrogen-bond donors (Lipinski definition) is 4. The molecule has 2 aromatic rings. The normalized spacial score (nSPS) is 21.5. The van der Waals surface area contributed by atoms with Crippen LogP contribution >= 0.6 is 23.2 Å². The van der Waals surface area contributed by atoms with E-state index in [-0.39, 0.29) is 39.9 Å². The van der Waals surface area contributed by atoms with Gasteiger partial charge in [0.25, 0.3) is 5.91 Å². The number of halogens is 2. The number of amides is 3. The molecule has 0 spiro atoms. The maximum absolute atomic E-state index is 13.2. The third-order valence-electron chi connectivity index (χ3n) is 7.11. The quantitative estimate of drug-likeness (QED) is 0.354. The fraction of sp³-hybridized carbons (Fsp3) is 0.429. The molecule has 1 heterocycles. The van der Waals surface area contributed by atoms with Crippen LogP contribution in [-0.2, 0) is 25.5 Å². The molecule has 1 aliphatic heterocycles. The van der Waals surface area contributed by atoms with Crippen molar-refractivity contribution >= 4 is 52.6 Å². The Hall–Kier alpha value is -3.14. The molecule has 2 aliphatic rings. The van der Waals surface area contributed by atoms with Gasteiger partial charge in [-0.1, -0.05) is 54.2 Å². The summed E-state index contributed by atoms with van der Waals surface area (Å²) < 4.78 is 5.45. The first-order chi connectivity index (χ1) is 18.7. The van der Waals surface area contributed by atoms with Gasteiger partial charge in [-0.25, -0.2) is 4.79 Å². The number of benzene rings is 2. The van der Waals surface area contributed by atoms with Crippen LogP contribution in [0, 0.1) is 5.92 Å². The average molecular weight is 576 g/mol. The first-order valence-corrected chi connectivity index (χ1v) is 13.8. The minimum Gasteiger partial charge on any atom is -0.480 e. The molecular weight excluding hydrogens is 545 g/mol. The summed E-state index contributed by atoms with van der Waals surface area (Å²) in [6.45, 7) is 0.552. The smallest absolute Gasteiger partial charge is 0.326 e. The van der Waals surface area contributed by atoms with Crippen LogP contribution in [0.5, 0.6) is 0 Å². The standard InChI is InChI=1S/C28H31Cl2N3O6/c29-19-6-3-7-20(30)24(19)27(36)31-17-12-10-16(11-13-17)15-22(28(37)38)33-25(34)18-5-1-2-8-21(18)32-26(35)23-9-4-14-39-23/h3,6-7,10-13,18,21-23H,1-2,4-5,8-9,14-15H2,(H,31,36)(H,32,35)(H,33,34)(H,37,38). The summed E-state index contributed by atoms with van der Waals surface area (Å²) in [4.78, 5) is 50.3. The van der Waals surface area contributed by atoms with Gasteiger partial charge in [0.2, 0.25) is 11.8 Å². The Morgan fingerprint density at radius 1 is 0.923 bits per heavy atom. The van der Waals surface area contributed by atoms with Crippen molar-refractivity contribution in [2.45, 2.75) is 63.1 Å². The van der Waals surface area contributed by atoms with Crippen molar-refractivity contribution in [1.29, 1.82) is 0 Å². The maximum atomic E-state index is 13.2. The Kier molecular flexibility index (Phi) is 9.83. The summed E-state index contributed by atoms with van der Waals surface area (Å²) in [6.07, 6.45) is 3.98. The molecule has 4 atom stereocenters. The van der Waals surface area contributed by atoms with Gasteiger partial charge >= 0.3 is 5.97 Å². The summed E-state index contributed by atoms with van der Waals surface area (Å²) in [5.74, 6) is -2.75. The first kappa shape index (κ1) is 28.9. The summed E-state index contributed by atoms with van der Waals surface area (Å²) >= 11 is 12.2. The zero-order valence-corrected chi connectivity index (χ0v) is 22.8. The van der Waals surface area contributed by atoms with Crippen LogP contribution in [0.3, 0.4) is 0 Å². The van der Waals surface area contributed by atoms with E-state index >= 15 is 0 Å². The fourth-order valence-corrected chi connectivity index (χ4v) is 5.59. The van der Waals surface area contributed by atoms with E-state index in [1.807, 2.05) is 0 Å². The maximum Gasteiger partial charge on any atom is 0.326 e. The highest BCUT2D eigenvalue weighted by molar-refractivity contribution is 6.40. The van der Waals surface area contributed by atoms with Gasteiger partial charge < -0.3 is 25.8 Å². The summed E-state index contributed by atoms with van der Waals surface area (Å²) in [7, 11) is 0. The largest absolute Gasteiger partial charge is 0.480 e.